The Hall–Kier alpha value is -3.18. The topological polar surface area (TPSA) is 69.6 Å². The molecule has 0 fully saturated rings. The fourth-order valence-electron chi connectivity index (χ4n) is 2.92. The minimum atomic E-state index is -0.600. The van der Waals surface area contributed by atoms with Crippen molar-refractivity contribution in [1.29, 1.82) is 0 Å². The first-order valence-corrected chi connectivity index (χ1v) is 9.18. The first kappa shape index (κ1) is 19.6. The first-order valence-electron chi connectivity index (χ1n) is 9.18. The van der Waals surface area contributed by atoms with Gasteiger partial charge >= 0.3 is 0 Å². The molecule has 0 saturated carbocycles. The van der Waals surface area contributed by atoms with E-state index in [0.29, 0.717) is 11.1 Å². The van der Waals surface area contributed by atoms with Crippen LogP contribution in [-0.4, -0.2) is 31.9 Å². The monoisotopic (exact) mass is 376 g/mol. The normalized spacial score (nSPS) is 12.4. The molecule has 0 bridgehead atoms. The second-order valence-corrected chi connectivity index (χ2v) is 7.08. The number of nitrogens with zero attached hydrogens (tertiary/aromatic N) is 1. The van der Waals surface area contributed by atoms with Crippen LogP contribution in [0.2, 0.25) is 0 Å². The van der Waals surface area contributed by atoms with Crippen molar-refractivity contribution in [1.82, 2.24) is 0 Å². The molecule has 0 spiro atoms. The van der Waals surface area contributed by atoms with Crippen LogP contribution in [0.15, 0.2) is 58.1 Å². The second-order valence-electron chi connectivity index (χ2n) is 7.08. The summed E-state index contributed by atoms with van der Waals surface area (Å²) >= 11 is 0. The van der Waals surface area contributed by atoms with Gasteiger partial charge in [0.05, 0.1) is 17.4 Å². The summed E-state index contributed by atoms with van der Waals surface area (Å²) in [6, 6.07) is 15.7. The van der Waals surface area contributed by atoms with Crippen LogP contribution in [0.3, 0.4) is 0 Å². The lowest BCUT2D eigenvalue weighted by atomic mass is 9.97. The molecule has 0 aliphatic carbocycles. The van der Waals surface area contributed by atoms with Gasteiger partial charge in [-0.15, -0.1) is 0 Å². The summed E-state index contributed by atoms with van der Waals surface area (Å²) in [5.41, 5.74) is 3.60. The summed E-state index contributed by atoms with van der Waals surface area (Å²) in [4.78, 5) is 25.8. The Balaban J connectivity index is 1.75. The number of aliphatic hydroxyl groups excluding tert-OH is 1. The Labute approximate surface area is 164 Å². The van der Waals surface area contributed by atoms with Crippen molar-refractivity contribution < 1.29 is 5.11 Å². The maximum Gasteiger partial charge on any atom is 0.250 e. The zero-order chi connectivity index (χ0) is 20.3. The highest BCUT2D eigenvalue weighted by molar-refractivity contribution is 5.82. The Kier molecular flexibility index (Phi) is 5.76. The number of aliphatic hydroxyl groups is 1. The van der Waals surface area contributed by atoms with Crippen LogP contribution >= 0.6 is 0 Å². The van der Waals surface area contributed by atoms with Crippen molar-refractivity contribution in [3.8, 4) is 11.1 Å². The minimum Gasteiger partial charge on any atom is -0.392 e. The van der Waals surface area contributed by atoms with Crippen molar-refractivity contribution in [3.05, 3.63) is 80.1 Å². The third-order valence-electron chi connectivity index (χ3n) is 4.56. The van der Waals surface area contributed by atoms with Crippen LogP contribution in [0, 0.1) is 0 Å². The smallest absolute Gasteiger partial charge is 0.250 e. The molecule has 28 heavy (non-hydrogen) atoms. The molecule has 5 nitrogen and oxygen atoms in total. The van der Waals surface area contributed by atoms with E-state index in [9.17, 15) is 14.7 Å². The molecule has 0 heterocycles. The summed E-state index contributed by atoms with van der Waals surface area (Å²) in [6.07, 6.45) is 3.43. The van der Waals surface area contributed by atoms with Gasteiger partial charge in [0, 0.05) is 26.3 Å². The summed E-state index contributed by atoms with van der Waals surface area (Å²) in [5, 5.41) is 12.2. The van der Waals surface area contributed by atoms with Crippen molar-refractivity contribution in [2.24, 2.45) is 0 Å². The molecule has 144 valence electrons. The summed E-state index contributed by atoms with van der Waals surface area (Å²) in [6.45, 7) is 1.85. The molecule has 1 unspecified atom stereocenters. The molecule has 2 N–H and O–H groups in total. The molecule has 1 atom stereocenters. The van der Waals surface area contributed by atoms with E-state index in [4.69, 9.17) is 0 Å². The minimum absolute atomic E-state index is 0.227. The fourth-order valence-corrected chi connectivity index (χ4v) is 2.92. The molecule has 0 aliphatic rings. The Morgan fingerprint density at radius 3 is 1.96 bits per heavy atom. The van der Waals surface area contributed by atoms with Crippen LogP contribution in [0.1, 0.15) is 18.1 Å². The van der Waals surface area contributed by atoms with E-state index in [-0.39, 0.29) is 12.2 Å². The van der Waals surface area contributed by atoms with E-state index < -0.39 is 17.0 Å². The van der Waals surface area contributed by atoms with Crippen molar-refractivity contribution in [2.75, 3.05) is 30.9 Å². The number of anilines is 2. The molecule has 0 saturated heterocycles. The van der Waals surface area contributed by atoms with E-state index in [1.54, 1.807) is 6.92 Å². The number of hydrogen-bond donors (Lipinski definition) is 2. The Bertz CT molecular complexity index is 1040. The molecule has 3 aromatic rings. The van der Waals surface area contributed by atoms with E-state index in [0.717, 1.165) is 16.8 Å². The van der Waals surface area contributed by atoms with Gasteiger partial charge < -0.3 is 15.3 Å². The highest BCUT2D eigenvalue weighted by Gasteiger charge is 2.22. The van der Waals surface area contributed by atoms with Gasteiger partial charge in [0.2, 0.25) is 10.9 Å². The summed E-state index contributed by atoms with van der Waals surface area (Å²) in [7, 11) is 4.02. The van der Waals surface area contributed by atoms with Gasteiger partial charge in [-0.3, -0.25) is 9.59 Å². The number of rotatable bonds is 7. The Morgan fingerprint density at radius 2 is 1.46 bits per heavy atom. The van der Waals surface area contributed by atoms with Gasteiger partial charge in [0.15, 0.2) is 0 Å². The standard InChI is InChI=1S/C23H24N2O3/c1-15(26)14-24-21-20(22(27)23(21)28)18-10-6-16(7-11-18)4-5-17-8-12-19(13-9-17)25(2)3/h4-13,15,24,26H,14H2,1-3H3. The number of nitrogens with one attached hydrogen (secondary N) is 1. The van der Waals surface area contributed by atoms with Crippen molar-refractivity contribution in [2.45, 2.75) is 13.0 Å². The highest BCUT2D eigenvalue weighted by Crippen LogP contribution is 2.24. The van der Waals surface area contributed by atoms with Gasteiger partial charge in [-0.25, -0.2) is 0 Å². The zero-order valence-corrected chi connectivity index (χ0v) is 16.3. The fraction of sp³-hybridized carbons (Fsp3) is 0.217. The summed E-state index contributed by atoms with van der Waals surface area (Å²) in [5.74, 6) is 0. The van der Waals surface area contributed by atoms with Crippen LogP contribution in [0.5, 0.6) is 0 Å². The SMILES string of the molecule is CC(O)CNc1c(-c2ccc(C=Cc3ccc(N(C)C)cc3)cc2)c(=O)c1=O. The molecular weight excluding hydrogens is 352 g/mol. The third kappa shape index (κ3) is 4.21. The van der Waals surface area contributed by atoms with Gasteiger partial charge in [-0.05, 0) is 35.7 Å². The third-order valence-corrected chi connectivity index (χ3v) is 4.56. The molecule has 3 aromatic carbocycles. The first-order chi connectivity index (χ1) is 13.4. The van der Waals surface area contributed by atoms with Gasteiger partial charge in [-0.2, -0.15) is 0 Å². The van der Waals surface area contributed by atoms with E-state index >= 15 is 0 Å². The van der Waals surface area contributed by atoms with Gasteiger partial charge in [0.25, 0.3) is 0 Å². The average Bonchev–Trinajstić information content (AvgIpc) is 2.69. The highest BCUT2D eigenvalue weighted by atomic mass is 16.3. The second kappa shape index (κ2) is 8.23. The van der Waals surface area contributed by atoms with Gasteiger partial charge in [0.1, 0.15) is 0 Å². The Morgan fingerprint density at radius 1 is 0.929 bits per heavy atom. The molecule has 0 amide bonds. The van der Waals surface area contributed by atoms with E-state index in [2.05, 4.69) is 34.5 Å². The lowest BCUT2D eigenvalue weighted by Gasteiger charge is -2.14. The quantitative estimate of drug-likeness (QED) is 0.490. The van der Waals surface area contributed by atoms with Crippen LogP contribution in [-0.2, 0) is 0 Å². The predicted molar refractivity (Wildman–Crippen MR) is 117 cm³/mol. The molecular formula is C23H24N2O3. The summed E-state index contributed by atoms with van der Waals surface area (Å²) < 4.78 is 0. The number of benzene rings is 2. The van der Waals surface area contributed by atoms with Crippen molar-refractivity contribution >= 4 is 23.5 Å². The van der Waals surface area contributed by atoms with Crippen LogP contribution in [0.4, 0.5) is 11.4 Å². The largest absolute Gasteiger partial charge is 0.392 e. The lowest BCUT2D eigenvalue weighted by Crippen LogP contribution is -2.37. The molecule has 0 aromatic heterocycles. The van der Waals surface area contributed by atoms with Crippen molar-refractivity contribution in [3.63, 3.8) is 0 Å². The molecule has 0 aliphatic heterocycles. The van der Waals surface area contributed by atoms with E-state index in [1.807, 2.05) is 50.5 Å². The molecule has 3 rings (SSSR count). The number of hydrogen-bond acceptors (Lipinski definition) is 5. The maximum absolute atomic E-state index is 12.0. The van der Waals surface area contributed by atoms with Gasteiger partial charge in [-0.1, -0.05) is 48.6 Å². The van der Waals surface area contributed by atoms with Crippen LogP contribution < -0.4 is 21.1 Å². The lowest BCUT2D eigenvalue weighted by molar-refractivity contribution is 0.208. The maximum atomic E-state index is 12.0. The molecule has 0 radical (unpaired) electrons. The van der Waals surface area contributed by atoms with Crippen LogP contribution in [0.25, 0.3) is 23.3 Å². The molecule has 5 heteroatoms. The predicted octanol–water partition coefficient (Wildman–Crippen LogP) is 2.98. The average molecular weight is 376 g/mol. The van der Waals surface area contributed by atoms with E-state index in [1.165, 1.54) is 0 Å². The zero-order valence-electron chi connectivity index (χ0n) is 16.3.